The molecule has 0 bridgehead atoms. The van der Waals surface area contributed by atoms with Gasteiger partial charge in [0.25, 0.3) is 0 Å². The van der Waals surface area contributed by atoms with Crippen molar-refractivity contribution in [1.29, 1.82) is 5.26 Å². The van der Waals surface area contributed by atoms with Gasteiger partial charge in [0.05, 0.1) is 11.6 Å². The summed E-state index contributed by atoms with van der Waals surface area (Å²) in [6, 6.07) is 6.58. The molecular formula is C13H14FNO. The average Bonchev–Trinajstić information content (AvgIpc) is 2.22. The molecule has 0 spiro atoms. The Morgan fingerprint density at radius 3 is 2.56 bits per heavy atom. The van der Waals surface area contributed by atoms with Gasteiger partial charge in [-0.25, -0.2) is 4.39 Å². The fraction of sp³-hybridized carbons (Fsp3) is 0.385. The Bertz CT molecular complexity index is 446. The topological polar surface area (TPSA) is 40.9 Å². The van der Waals surface area contributed by atoms with E-state index < -0.39 is 17.5 Å². The summed E-state index contributed by atoms with van der Waals surface area (Å²) in [4.78, 5) is 11.9. The van der Waals surface area contributed by atoms with Crippen molar-refractivity contribution in [3.8, 4) is 6.07 Å². The van der Waals surface area contributed by atoms with Crippen LogP contribution in [0.3, 0.4) is 0 Å². The van der Waals surface area contributed by atoms with Gasteiger partial charge in [0.2, 0.25) is 0 Å². The smallest absolute Gasteiger partial charge is 0.183 e. The molecule has 0 N–H and O–H groups in total. The van der Waals surface area contributed by atoms with Crippen LogP contribution in [0.4, 0.5) is 4.39 Å². The predicted octanol–water partition coefficient (Wildman–Crippen LogP) is 3.11. The number of benzene rings is 1. The second kappa shape index (κ2) is 4.89. The van der Waals surface area contributed by atoms with Gasteiger partial charge in [-0.05, 0) is 24.5 Å². The van der Waals surface area contributed by atoms with Gasteiger partial charge in [-0.1, -0.05) is 26.0 Å². The number of nitrogens with zero attached hydrogens (tertiary/aromatic N) is 1. The molecule has 0 amide bonds. The molecule has 0 saturated heterocycles. The van der Waals surface area contributed by atoms with Crippen molar-refractivity contribution in [3.63, 3.8) is 0 Å². The van der Waals surface area contributed by atoms with Crippen LogP contribution in [0.2, 0.25) is 0 Å². The Labute approximate surface area is 94.7 Å². The van der Waals surface area contributed by atoms with E-state index in [4.69, 9.17) is 5.26 Å². The summed E-state index contributed by atoms with van der Waals surface area (Å²) < 4.78 is 13.7. The van der Waals surface area contributed by atoms with Crippen LogP contribution in [-0.4, -0.2) is 5.78 Å². The van der Waals surface area contributed by atoms with Gasteiger partial charge in [0.1, 0.15) is 11.7 Å². The van der Waals surface area contributed by atoms with Crippen molar-refractivity contribution in [2.75, 3.05) is 0 Å². The summed E-state index contributed by atoms with van der Waals surface area (Å²) in [5.74, 6) is -1.85. The number of carbonyl (C=O) groups is 1. The summed E-state index contributed by atoms with van der Waals surface area (Å²) in [6.07, 6.45) is 0. The van der Waals surface area contributed by atoms with E-state index in [0.717, 1.165) is 0 Å². The van der Waals surface area contributed by atoms with Crippen molar-refractivity contribution >= 4 is 5.78 Å². The van der Waals surface area contributed by atoms with Gasteiger partial charge in [0, 0.05) is 0 Å². The lowest BCUT2D eigenvalue weighted by Gasteiger charge is -2.12. The van der Waals surface area contributed by atoms with Crippen molar-refractivity contribution in [3.05, 3.63) is 35.1 Å². The summed E-state index contributed by atoms with van der Waals surface area (Å²) >= 11 is 0. The van der Waals surface area contributed by atoms with Gasteiger partial charge < -0.3 is 0 Å². The number of ketones is 1. The third kappa shape index (κ3) is 2.27. The monoisotopic (exact) mass is 219 g/mol. The van der Waals surface area contributed by atoms with E-state index in [1.165, 1.54) is 6.07 Å². The molecule has 1 atom stereocenters. The second-order valence-electron chi connectivity index (χ2n) is 4.15. The van der Waals surface area contributed by atoms with Crippen LogP contribution >= 0.6 is 0 Å². The van der Waals surface area contributed by atoms with Crippen LogP contribution in [0.25, 0.3) is 0 Å². The first-order valence-corrected chi connectivity index (χ1v) is 5.18. The number of hydrogen-bond donors (Lipinski definition) is 0. The molecule has 0 radical (unpaired) electrons. The first kappa shape index (κ1) is 12.4. The Kier molecular flexibility index (Phi) is 3.78. The lowest BCUT2D eigenvalue weighted by molar-refractivity contribution is 0.0920. The van der Waals surface area contributed by atoms with Crippen molar-refractivity contribution < 1.29 is 9.18 Å². The van der Waals surface area contributed by atoms with Crippen LogP contribution in [-0.2, 0) is 0 Å². The third-order valence-electron chi connectivity index (χ3n) is 2.55. The van der Waals surface area contributed by atoms with Gasteiger partial charge in [-0.2, -0.15) is 5.26 Å². The molecule has 0 aliphatic carbocycles. The number of aryl methyl sites for hydroxylation is 1. The zero-order valence-corrected chi connectivity index (χ0v) is 9.62. The van der Waals surface area contributed by atoms with Gasteiger partial charge >= 0.3 is 0 Å². The number of nitriles is 1. The predicted molar refractivity (Wildman–Crippen MR) is 59.4 cm³/mol. The molecule has 2 nitrogen and oxygen atoms in total. The number of Topliss-reactive ketones (excluding diaryl/α,β-unsaturated/α-hetero) is 1. The maximum absolute atomic E-state index is 13.7. The largest absolute Gasteiger partial charge is 0.293 e. The maximum Gasteiger partial charge on any atom is 0.183 e. The highest BCUT2D eigenvalue weighted by molar-refractivity contribution is 5.99. The summed E-state index contributed by atoms with van der Waals surface area (Å²) in [5, 5.41) is 8.90. The van der Waals surface area contributed by atoms with Crippen molar-refractivity contribution in [1.82, 2.24) is 0 Å². The molecule has 1 unspecified atom stereocenters. The van der Waals surface area contributed by atoms with Gasteiger partial charge in [-0.3, -0.25) is 4.79 Å². The van der Waals surface area contributed by atoms with E-state index in [1.807, 2.05) is 6.07 Å². The minimum atomic E-state index is -0.781. The summed E-state index contributed by atoms with van der Waals surface area (Å²) in [5.41, 5.74) is 0.437. The van der Waals surface area contributed by atoms with E-state index in [2.05, 4.69) is 0 Å². The standard InChI is InChI=1S/C13H14FNO/c1-8(2)11(7-15)13(16)10-6-4-5-9(3)12(10)14/h4-6,8,11H,1-3H3. The first-order valence-electron chi connectivity index (χ1n) is 5.18. The highest BCUT2D eigenvalue weighted by Gasteiger charge is 2.25. The van der Waals surface area contributed by atoms with E-state index in [9.17, 15) is 9.18 Å². The fourth-order valence-electron chi connectivity index (χ4n) is 1.52. The first-order chi connectivity index (χ1) is 7.49. The Balaban J connectivity index is 3.15. The lowest BCUT2D eigenvalue weighted by atomic mass is 9.88. The number of halogens is 1. The SMILES string of the molecule is Cc1cccc(C(=O)C(C#N)C(C)C)c1F. The minimum absolute atomic E-state index is 0.0141. The molecule has 0 saturated carbocycles. The maximum atomic E-state index is 13.7. The van der Waals surface area contributed by atoms with E-state index >= 15 is 0 Å². The van der Waals surface area contributed by atoms with Gasteiger partial charge in [-0.15, -0.1) is 0 Å². The zero-order chi connectivity index (χ0) is 12.3. The molecule has 0 fully saturated rings. The highest BCUT2D eigenvalue weighted by atomic mass is 19.1. The van der Waals surface area contributed by atoms with Crippen LogP contribution in [0, 0.1) is 35.9 Å². The van der Waals surface area contributed by atoms with Crippen LogP contribution in [0.15, 0.2) is 18.2 Å². The highest BCUT2D eigenvalue weighted by Crippen LogP contribution is 2.20. The molecule has 0 aliphatic heterocycles. The normalized spacial score (nSPS) is 12.2. The van der Waals surface area contributed by atoms with Crippen LogP contribution < -0.4 is 0 Å². The number of rotatable bonds is 3. The van der Waals surface area contributed by atoms with E-state index in [1.54, 1.807) is 32.9 Å². The minimum Gasteiger partial charge on any atom is -0.293 e. The van der Waals surface area contributed by atoms with Crippen LogP contribution in [0.5, 0.6) is 0 Å². The molecule has 84 valence electrons. The van der Waals surface area contributed by atoms with E-state index in [0.29, 0.717) is 5.56 Å². The Hall–Kier alpha value is -1.69. The number of hydrogen-bond acceptors (Lipinski definition) is 2. The third-order valence-corrected chi connectivity index (χ3v) is 2.55. The molecular weight excluding hydrogens is 205 g/mol. The lowest BCUT2D eigenvalue weighted by Crippen LogP contribution is -2.20. The number of carbonyl (C=O) groups excluding carboxylic acids is 1. The fourth-order valence-corrected chi connectivity index (χ4v) is 1.52. The van der Waals surface area contributed by atoms with Gasteiger partial charge in [0.15, 0.2) is 5.78 Å². The molecule has 0 aromatic heterocycles. The molecule has 16 heavy (non-hydrogen) atoms. The van der Waals surface area contributed by atoms with Crippen molar-refractivity contribution in [2.45, 2.75) is 20.8 Å². The molecule has 1 aromatic rings. The zero-order valence-electron chi connectivity index (χ0n) is 9.62. The molecule has 1 rings (SSSR count). The second-order valence-corrected chi connectivity index (χ2v) is 4.15. The Morgan fingerprint density at radius 1 is 1.44 bits per heavy atom. The summed E-state index contributed by atoms with van der Waals surface area (Å²) in [6.45, 7) is 5.15. The van der Waals surface area contributed by atoms with Crippen LogP contribution in [0.1, 0.15) is 29.8 Å². The van der Waals surface area contributed by atoms with E-state index in [-0.39, 0.29) is 11.5 Å². The average molecular weight is 219 g/mol. The molecule has 3 heteroatoms. The molecule has 0 aliphatic rings. The molecule has 1 aromatic carbocycles. The summed E-state index contributed by atoms with van der Waals surface area (Å²) in [7, 11) is 0. The van der Waals surface area contributed by atoms with Crippen molar-refractivity contribution in [2.24, 2.45) is 11.8 Å². The molecule has 0 heterocycles. The quantitative estimate of drug-likeness (QED) is 0.733. The Morgan fingerprint density at radius 2 is 2.06 bits per heavy atom.